The summed E-state index contributed by atoms with van der Waals surface area (Å²) >= 11 is 12.2. The number of anilines is 1. The Balaban J connectivity index is 2.06. The fraction of sp³-hybridized carbons (Fsp3) is 0.562. The normalized spacial score (nSPS) is 27.2. The third kappa shape index (κ3) is 4.12. The van der Waals surface area contributed by atoms with E-state index in [-0.39, 0.29) is 11.9 Å². The van der Waals surface area contributed by atoms with E-state index in [9.17, 15) is 4.79 Å². The molecule has 2 rings (SSSR count). The number of piperidine rings is 1. The lowest BCUT2D eigenvalue weighted by Gasteiger charge is -2.35. The predicted octanol–water partition coefficient (Wildman–Crippen LogP) is 2.88. The SMILES string of the molecule is C[C@@H]1C[C@H](C)C[NH+]([C@@H](C)C(=O)Nc2c(Cl)cccc2Cl)C1. The monoisotopic (exact) mass is 329 g/mol. The number of rotatable bonds is 3. The van der Waals surface area contributed by atoms with Crippen LogP contribution in [0, 0.1) is 11.8 Å². The molecule has 116 valence electrons. The molecule has 1 fully saturated rings. The molecule has 1 aliphatic heterocycles. The molecule has 5 heteroatoms. The van der Waals surface area contributed by atoms with Crippen LogP contribution >= 0.6 is 23.2 Å². The first-order valence-electron chi connectivity index (χ1n) is 7.48. The summed E-state index contributed by atoms with van der Waals surface area (Å²) in [4.78, 5) is 13.8. The molecule has 0 bridgehead atoms. The van der Waals surface area contributed by atoms with Crippen molar-refractivity contribution in [1.29, 1.82) is 0 Å². The highest BCUT2D eigenvalue weighted by molar-refractivity contribution is 6.39. The van der Waals surface area contributed by atoms with Crippen molar-refractivity contribution in [2.45, 2.75) is 33.2 Å². The smallest absolute Gasteiger partial charge is 0.282 e. The Hall–Kier alpha value is -0.770. The Bertz CT molecular complexity index is 491. The fourth-order valence-electron chi connectivity index (χ4n) is 3.22. The molecule has 1 unspecified atom stereocenters. The second-order valence-corrected chi connectivity index (χ2v) is 7.13. The van der Waals surface area contributed by atoms with E-state index in [2.05, 4.69) is 19.2 Å². The Morgan fingerprint density at radius 2 is 1.76 bits per heavy atom. The van der Waals surface area contributed by atoms with E-state index in [1.165, 1.54) is 11.3 Å². The van der Waals surface area contributed by atoms with Gasteiger partial charge in [-0.25, -0.2) is 0 Å². The van der Waals surface area contributed by atoms with Gasteiger partial charge in [-0.2, -0.15) is 0 Å². The van der Waals surface area contributed by atoms with Crippen LogP contribution in [0.2, 0.25) is 10.0 Å². The average Bonchev–Trinajstić information content (AvgIpc) is 2.41. The van der Waals surface area contributed by atoms with E-state index in [0.717, 1.165) is 13.1 Å². The van der Waals surface area contributed by atoms with Crippen molar-refractivity contribution in [3.8, 4) is 0 Å². The zero-order valence-electron chi connectivity index (χ0n) is 12.7. The Kier molecular flexibility index (Phi) is 5.53. The summed E-state index contributed by atoms with van der Waals surface area (Å²) in [5.41, 5.74) is 0.509. The number of nitrogens with one attached hydrogen (secondary N) is 2. The molecule has 0 aromatic heterocycles. The van der Waals surface area contributed by atoms with Crippen molar-refractivity contribution >= 4 is 34.8 Å². The lowest BCUT2D eigenvalue weighted by Crippen LogP contribution is -3.18. The summed E-state index contributed by atoms with van der Waals surface area (Å²) in [7, 11) is 0. The van der Waals surface area contributed by atoms with Crippen LogP contribution < -0.4 is 10.2 Å². The standard InChI is InChI=1S/C16H22Cl2N2O/c1-10-7-11(2)9-20(8-10)12(3)16(21)19-15-13(17)5-4-6-14(15)18/h4-6,10-12H,7-9H2,1-3H3,(H,19,21)/p+1/t10-,11+,12-/m0/s1. The first-order valence-corrected chi connectivity index (χ1v) is 8.23. The molecule has 3 nitrogen and oxygen atoms in total. The maximum atomic E-state index is 12.5. The zero-order valence-corrected chi connectivity index (χ0v) is 14.3. The largest absolute Gasteiger partial charge is 0.324 e. The fourth-order valence-corrected chi connectivity index (χ4v) is 3.71. The minimum atomic E-state index is -0.109. The second kappa shape index (κ2) is 6.99. The molecule has 1 heterocycles. The van der Waals surface area contributed by atoms with Crippen LogP contribution in [0.4, 0.5) is 5.69 Å². The van der Waals surface area contributed by atoms with E-state index >= 15 is 0 Å². The van der Waals surface area contributed by atoms with Gasteiger partial charge in [-0.15, -0.1) is 0 Å². The lowest BCUT2D eigenvalue weighted by atomic mass is 9.91. The summed E-state index contributed by atoms with van der Waals surface area (Å²) in [6.45, 7) is 8.56. The summed E-state index contributed by atoms with van der Waals surface area (Å²) < 4.78 is 0. The number of hydrogen-bond acceptors (Lipinski definition) is 1. The minimum absolute atomic E-state index is 0.0266. The summed E-state index contributed by atoms with van der Waals surface area (Å²) in [5.74, 6) is 1.28. The number of likely N-dealkylation sites (tertiary alicyclic amines) is 1. The zero-order chi connectivity index (χ0) is 15.6. The van der Waals surface area contributed by atoms with Crippen LogP contribution in [0.5, 0.6) is 0 Å². The number of carbonyl (C=O) groups excluding carboxylic acids is 1. The molecule has 0 saturated carbocycles. The van der Waals surface area contributed by atoms with Gasteiger partial charge in [0.1, 0.15) is 0 Å². The van der Waals surface area contributed by atoms with Crippen LogP contribution in [0.15, 0.2) is 18.2 Å². The molecule has 21 heavy (non-hydrogen) atoms. The summed E-state index contributed by atoms with van der Waals surface area (Å²) in [6.07, 6.45) is 1.24. The quantitative estimate of drug-likeness (QED) is 0.878. The van der Waals surface area contributed by atoms with Crippen molar-refractivity contribution in [3.63, 3.8) is 0 Å². The maximum Gasteiger partial charge on any atom is 0.282 e. The molecule has 2 N–H and O–H groups in total. The Labute approximate surface area is 136 Å². The van der Waals surface area contributed by atoms with Crippen LogP contribution in [-0.4, -0.2) is 25.0 Å². The molecule has 1 amide bonds. The van der Waals surface area contributed by atoms with Gasteiger partial charge in [-0.1, -0.05) is 43.1 Å². The first kappa shape index (κ1) is 16.6. The second-order valence-electron chi connectivity index (χ2n) is 6.32. The highest BCUT2D eigenvalue weighted by Gasteiger charge is 2.32. The van der Waals surface area contributed by atoms with E-state index in [0.29, 0.717) is 27.6 Å². The third-order valence-corrected chi connectivity index (χ3v) is 4.87. The van der Waals surface area contributed by atoms with Gasteiger partial charge in [0, 0.05) is 11.8 Å². The van der Waals surface area contributed by atoms with Gasteiger partial charge in [-0.05, 0) is 25.5 Å². The number of hydrogen-bond donors (Lipinski definition) is 2. The Morgan fingerprint density at radius 3 is 2.29 bits per heavy atom. The molecule has 0 aliphatic carbocycles. The van der Waals surface area contributed by atoms with E-state index < -0.39 is 0 Å². The average molecular weight is 330 g/mol. The number of para-hydroxylation sites is 1. The van der Waals surface area contributed by atoms with Gasteiger partial charge in [0.25, 0.3) is 5.91 Å². The lowest BCUT2D eigenvalue weighted by molar-refractivity contribution is -0.925. The Morgan fingerprint density at radius 1 is 1.24 bits per heavy atom. The molecular formula is C16H23Cl2N2O+. The van der Waals surface area contributed by atoms with Crippen LogP contribution in [0.25, 0.3) is 0 Å². The van der Waals surface area contributed by atoms with E-state index in [1.807, 2.05) is 6.92 Å². The molecule has 1 aromatic rings. The van der Waals surface area contributed by atoms with Crippen molar-refractivity contribution in [2.24, 2.45) is 11.8 Å². The number of amides is 1. The van der Waals surface area contributed by atoms with Gasteiger partial charge in [0.15, 0.2) is 6.04 Å². The van der Waals surface area contributed by atoms with Gasteiger partial charge in [0.05, 0.1) is 28.8 Å². The highest BCUT2D eigenvalue weighted by atomic mass is 35.5. The topological polar surface area (TPSA) is 33.5 Å². The molecule has 1 saturated heterocycles. The molecule has 4 atom stereocenters. The predicted molar refractivity (Wildman–Crippen MR) is 88.2 cm³/mol. The first-order chi connectivity index (χ1) is 9.88. The third-order valence-electron chi connectivity index (χ3n) is 4.24. The minimum Gasteiger partial charge on any atom is -0.324 e. The van der Waals surface area contributed by atoms with E-state index in [4.69, 9.17) is 23.2 Å². The molecule has 1 aliphatic rings. The maximum absolute atomic E-state index is 12.5. The van der Waals surface area contributed by atoms with Gasteiger partial charge in [0.2, 0.25) is 0 Å². The van der Waals surface area contributed by atoms with E-state index in [1.54, 1.807) is 18.2 Å². The van der Waals surface area contributed by atoms with Crippen molar-refractivity contribution < 1.29 is 9.69 Å². The molecule has 1 aromatic carbocycles. The van der Waals surface area contributed by atoms with Crippen molar-refractivity contribution in [2.75, 3.05) is 18.4 Å². The van der Waals surface area contributed by atoms with Crippen LogP contribution in [-0.2, 0) is 4.79 Å². The van der Waals surface area contributed by atoms with Crippen LogP contribution in [0.1, 0.15) is 27.2 Å². The number of benzene rings is 1. The number of quaternary nitrogens is 1. The number of halogens is 2. The van der Waals surface area contributed by atoms with Gasteiger partial charge < -0.3 is 10.2 Å². The summed E-state index contributed by atoms with van der Waals surface area (Å²) in [6, 6.07) is 5.11. The molecule has 0 spiro atoms. The van der Waals surface area contributed by atoms with Gasteiger partial charge >= 0.3 is 0 Å². The van der Waals surface area contributed by atoms with Crippen molar-refractivity contribution in [3.05, 3.63) is 28.2 Å². The summed E-state index contributed by atoms with van der Waals surface area (Å²) in [5, 5.41) is 3.82. The van der Waals surface area contributed by atoms with Crippen molar-refractivity contribution in [1.82, 2.24) is 0 Å². The van der Waals surface area contributed by atoms with Gasteiger partial charge in [-0.3, -0.25) is 4.79 Å². The molecule has 0 radical (unpaired) electrons. The highest BCUT2D eigenvalue weighted by Crippen LogP contribution is 2.29. The number of carbonyl (C=O) groups is 1. The van der Waals surface area contributed by atoms with Crippen LogP contribution in [0.3, 0.4) is 0 Å². The molecular weight excluding hydrogens is 307 g/mol.